The van der Waals surface area contributed by atoms with Crippen LogP contribution in [0, 0.1) is 6.92 Å². The molecule has 0 bridgehead atoms. The highest BCUT2D eigenvalue weighted by molar-refractivity contribution is 5.73. The lowest BCUT2D eigenvalue weighted by Crippen LogP contribution is -2.49. The van der Waals surface area contributed by atoms with Gasteiger partial charge in [-0.3, -0.25) is 0 Å². The number of aryl methyl sites for hydroxylation is 1. The number of rotatable bonds is 2. The van der Waals surface area contributed by atoms with Gasteiger partial charge in [0.05, 0.1) is 24.3 Å². The fraction of sp³-hybridized carbons (Fsp3) is 0.500. The van der Waals surface area contributed by atoms with Crippen LogP contribution in [-0.4, -0.2) is 45.7 Å². The minimum Gasteiger partial charge on any atom is -0.507 e. The van der Waals surface area contributed by atoms with Gasteiger partial charge in [-0.1, -0.05) is 12.8 Å². The lowest BCUT2D eigenvalue weighted by molar-refractivity contribution is -0.137. The van der Waals surface area contributed by atoms with Gasteiger partial charge in [0.2, 0.25) is 0 Å². The Balaban J connectivity index is 1.70. The second-order valence-electron chi connectivity index (χ2n) is 7.56. The molecule has 6 nitrogen and oxygen atoms in total. The number of ether oxygens (including phenoxy) is 1. The molecule has 29 heavy (non-hydrogen) atoms. The lowest BCUT2D eigenvalue weighted by atomic mass is 9.91. The molecule has 0 spiro atoms. The molecular formula is C20H22F3N3O3. The highest BCUT2D eigenvalue weighted by Crippen LogP contribution is 2.41. The number of alkyl halides is 3. The van der Waals surface area contributed by atoms with Crippen molar-refractivity contribution < 1.29 is 28.1 Å². The van der Waals surface area contributed by atoms with Crippen LogP contribution in [0.2, 0.25) is 0 Å². The Morgan fingerprint density at radius 2 is 1.90 bits per heavy atom. The molecule has 156 valence electrons. The highest BCUT2D eigenvalue weighted by atomic mass is 19.4. The molecule has 1 aliphatic heterocycles. The molecule has 1 aliphatic carbocycles. The van der Waals surface area contributed by atoms with Crippen molar-refractivity contribution in [3.8, 4) is 22.8 Å². The third kappa shape index (κ3) is 3.71. The number of fused-ring (bicyclic) bond motifs is 1. The van der Waals surface area contributed by atoms with E-state index in [9.17, 15) is 23.4 Å². The number of aliphatic hydroxyl groups excluding tert-OH is 1. The molecular weight excluding hydrogens is 387 g/mol. The van der Waals surface area contributed by atoms with Crippen molar-refractivity contribution >= 4 is 5.82 Å². The molecule has 2 N–H and O–H groups in total. The van der Waals surface area contributed by atoms with Gasteiger partial charge in [-0.15, -0.1) is 10.2 Å². The summed E-state index contributed by atoms with van der Waals surface area (Å²) in [5, 5.41) is 29.0. The average Bonchev–Trinajstić information content (AvgIpc) is 2.66. The van der Waals surface area contributed by atoms with Gasteiger partial charge in [-0.25, -0.2) is 0 Å². The van der Waals surface area contributed by atoms with Crippen molar-refractivity contribution in [2.75, 3.05) is 18.1 Å². The maximum atomic E-state index is 13.0. The topological polar surface area (TPSA) is 78.7 Å². The van der Waals surface area contributed by atoms with Crippen LogP contribution in [0.5, 0.6) is 11.5 Å². The number of aromatic nitrogens is 2. The highest BCUT2D eigenvalue weighted by Gasteiger charge is 2.35. The Morgan fingerprint density at radius 3 is 2.59 bits per heavy atom. The molecule has 2 aromatic rings. The van der Waals surface area contributed by atoms with Crippen molar-refractivity contribution in [1.82, 2.24) is 10.2 Å². The molecule has 4 rings (SSSR count). The summed E-state index contributed by atoms with van der Waals surface area (Å²) in [4.78, 5) is 2.00. The third-order valence-corrected chi connectivity index (χ3v) is 5.59. The van der Waals surface area contributed by atoms with Gasteiger partial charge in [-0.05, 0) is 37.5 Å². The van der Waals surface area contributed by atoms with Crippen LogP contribution in [0.4, 0.5) is 19.0 Å². The van der Waals surface area contributed by atoms with E-state index in [4.69, 9.17) is 4.74 Å². The quantitative estimate of drug-likeness (QED) is 0.788. The van der Waals surface area contributed by atoms with Gasteiger partial charge >= 0.3 is 6.18 Å². The molecule has 2 aliphatic rings. The Morgan fingerprint density at radius 1 is 1.14 bits per heavy atom. The third-order valence-electron chi connectivity index (χ3n) is 5.59. The van der Waals surface area contributed by atoms with Crippen LogP contribution in [-0.2, 0) is 6.18 Å². The van der Waals surface area contributed by atoms with Crippen LogP contribution >= 0.6 is 0 Å². The lowest BCUT2D eigenvalue weighted by Gasteiger charge is -2.40. The number of benzene rings is 1. The monoisotopic (exact) mass is 409 g/mol. The van der Waals surface area contributed by atoms with E-state index in [1.807, 2.05) is 4.90 Å². The van der Waals surface area contributed by atoms with Crippen molar-refractivity contribution in [2.45, 2.75) is 50.9 Å². The van der Waals surface area contributed by atoms with E-state index in [1.54, 1.807) is 6.07 Å². The summed E-state index contributed by atoms with van der Waals surface area (Å²) in [7, 11) is 0. The number of aliphatic hydroxyl groups is 1. The van der Waals surface area contributed by atoms with Crippen molar-refractivity contribution in [1.29, 1.82) is 0 Å². The van der Waals surface area contributed by atoms with E-state index in [2.05, 4.69) is 10.2 Å². The molecule has 0 saturated heterocycles. The second kappa shape index (κ2) is 7.37. The zero-order valence-corrected chi connectivity index (χ0v) is 15.9. The minimum atomic E-state index is -4.55. The normalized spacial score (nSPS) is 22.2. The smallest absolute Gasteiger partial charge is 0.416 e. The van der Waals surface area contributed by atoms with E-state index in [0.29, 0.717) is 30.8 Å². The predicted octanol–water partition coefficient (Wildman–Crippen LogP) is 3.68. The van der Waals surface area contributed by atoms with Crippen LogP contribution < -0.4 is 9.64 Å². The molecule has 9 heteroatoms. The predicted molar refractivity (Wildman–Crippen MR) is 100.0 cm³/mol. The van der Waals surface area contributed by atoms with Gasteiger partial charge in [0.1, 0.15) is 18.1 Å². The van der Waals surface area contributed by atoms with Crippen LogP contribution in [0.3, 0.4) is 0 Å². The summed E-state index contributed by atoms with van der Waals surface area (Å²) >= 11 is 0. The zero-order valence-electron chi connectivity index (χ0n) is 15.9. The van der Waals surface area contributed by atoms with Gasteiger partial charge < -0.3 is 19.8 Å². The second-order valence-corrected chi connectivity index (χ2v) is 7.56. The average molecular weight is 409 g/mol. The molecule has 0 unspecified atom stereocenters. The van der Waals surface area contributed by atoms with E-state index >= 15 is 0 Å². The van der Waals surface area contributed by atoms with E-state index in [-0.39, 0.29) is 22.9 Å². The van der Waals surface area contributed by atoms with E-state index < -0.39 is 23.6 Å². The number of hydrogen-bond acceptors (Lipinski definition) is 6. The van der Waals surface area contributed by atoms with E-state index in [0.717, 1.165) is 31.7 Å². The summed E-state index contributed by atoms with van der Waals surface area (Å²) in [5.74, 6) is 0.440. The van der Waals surface area contributed by atoms with Crippen LogP contribution in [0.15, 0.2) is 18.2 Å². The van der Waals surface area contributed by atoms with Gasteiger partial charge in [0.15, 0.2) is 11.6 Å². The first-order valence-corrected chi connectivity index (χ1v) is 9.62. The molecule has 0 radical (unpaired) electrons. The summed E-state index contributed by atoms with van der Waals surface area (Å²) in [5.41, 5.74) is -0.261. The standard InChI is InChI=1S/C20H22F3N3O3/c1-11-8-12(20(21,22)23)9-16(28)18(11)13-10-17-19(25-24-13)26(6-7-29-17)14-4-2-3-5-15(14)27/h8-10,14-15,27-28H,2-7H2,1H3/t14-,15-/m1/s1. The molecule has 1 saturated carbocycles. The summed E-state index contributed by atoms with van der Waals surface area (Å²) in [6.07, 6.45) is -1.39. The van der Waals surface area contributed by atoms with Crippen molar-refractivity contribution in [3.05, 3.63) is 29.3 Å². The van der Waals surface area contributed by atoms with Crippen LogP contribution in [0.25, 0.3) is 11.3 Å². The maximum Gasteiger partial charge on any atom is 0.416 e. The molecule has 2 atom stereocenters. The van der Waals surface area contributed by atoms with Crippen molar-refractivity contribution in [3.63, 3.8) is 0 Å². The Hall–Kier alpha value is -2.55. The van der Waals surface area contributed by atoms with Gasteiger partial charge in [0, 0.05) is 11.6 Å². The largest absolute Gasteiger partial charge is 0.507 e. The number of hydrogen-bond donors (Lipinski definition) is 2. The summed E-state index contributed by atoms with van der Waals surface area (Å²) in [6, 6.07) is 3.18. The SMILES string of the molecule is Cc1cc(C(F)(F)F)cc(O)c1-c1cc2c(nn1)N([C@@H]1CCCC[C@H]1O)CCO2. The minimum absolute atomic E-state index is 0.0623. The molecule has 0 amide bonds. The molecule has 1 aromatic heterocycles. The number of anilines is 1. The number of halogens is 3. The van der Waals surface area contributed by atoms with Crippen molar-refractivity contribution in [2.24, 2.45) is 0 Å². The number of aromatic hydroxyl groups is 1. The van der Waals surface area contributed by atoms with E-state index in [1.165, 1.54) is 6.92 Å². The zero-order chi connectivity index (χ0) is 20.8. The first-order valence-electron chi connectivity index (χ1n) is 9.62. The summed E-state index contributed by atoms with van der Waals surface area (Å²) in [6.45, 7) is 2.46. The fourth-order valence-corrected chi connectivity index (χ4v) is 4.20. The van der Waals surface area contributed by atoms with Gasteiger partial charge in [-0.2, -0.15) is 13.2 Å². The number of phenols is 1. The molecule has 1 aromatic carbocycles. The Kier molecular flexibility index (Phi) is 5.02. The Labute approximate surface area is 165 Å². The molecule has 1 fully saturated rings. The number of nitrogens with zero attached hydrogens (tertiary/aromatic N) is 3. The first kappa shape index (κ1) is 19.8. The maximum absolute atomic E-state index is 13.0. The molecule has 2 heterocycles. The number of phenolic OH excluding ortho intramolecular Hbond substituents is 1. The first-order chi connectivity index (χ1) is 13.8. The van der Waals surface area contributed by atoms with Gasteiger partial charge in [0.25, 0.3) is 0 Å². The van der Waals surface area contributed by atoms with Crippen LogP contribution in [0.1, 0.15) is 36.8 Å². The Bertz CT molecular complexity index is 897. The fourth-order valence-electron chi connectivity index (χ4n) is 4.20. The summed E-state index contributed by atoms with van der Waals surface area (Å²) < 4.78 is 44.6.